The zero-order valence-electron chi connectivity index (χ0n) is 17.8. The number of aryl methyl sites for hydroxylation is 1. The summed E-state index contributed by atoms with van der Waals surface area (Å²) in [4.78, 5) is 52.9. The molecule has 2 atom stereocenters. The van der Waals surface area contributed by atoms with Crippen LogP contribution in [0.15, 0.2) is 29.1 Å². The number of hydrogen-bond acceptors (Lipinski definition) is 8. The highest BCUT2D eigenvalue weighted by Gasteiger charge is 2.22. The number of anilines is 3. The molecule has 1 aliphatic rings. The number of benzene rings is 1. The van der Waals surface area contributed by atoms with Crippen molar-refractivity contribution < 1.29 is 24.6 Å². The summed E-state index contributed by atoms with van der Waals surface area (Å²) in [6.07, 6.45) is 1.66. The summed E-state index contributed by atoms with van der Waals surface area (Å²) in [5.41, 5.74) is 7.46. The van der Waals surface area contributed by atoms with Crippen molar-refractivity contribution in [1.82, 2.24) is 15.3 Å². The van der Waals surface area contributed by atoms with E-state index in [1.165, 1.54) is 0 Å². The molecule has 1 aliphatic heterocycles. The summed E-state index contributed by atoms with van der Waals surface area (Å²) < 4.78 is 0. The highest BCUT2D eigenvalue weighted by Crippen LogP contribution is 2.21. The summed E-state index contributed by atoms with van der Waals surface area (Å²) in [6, 6.07) is 5.32. The minimum atomic E-state index is -1.29. The first-order valence-corrected chi connectivity index (χ1v) is 10.5. The molecule has 176 valence electrons. The Morgan fingerprint density at radius 1 is 1.21 bits per heavy atom. The summed E-state index contributed by atoms with van der Waals surface area (Å²) >= 11 is 0. The number of aliphatic carboxylic acids is 2. The van der Waals surface area contributed by atoms with Gasteiger partial charge in [0.25, 0.3) is 11.5 Å². The van der Waals surface area contributed by atoms with Gasteiger partial charge in [-0.2, -0.15) is 0 Å². The Bertz CT molecular complexity index is 1080. The number of amides is 1. The molecule has 2 heterocycles. The van der Waals surface area contributed by atoms with Crippen LogP contribution in [0.4, 0.5) is 17.3 Å². The highest BCUT2D eigenvalue weighted by molar-refractivity contribution is 5.96. The van der Waals surface area contributed by atoms with Gasteiger partial charge >= 0.3 is 11.9 Å². The van der Waals surface area contributed by atoms with Gasteiger partial charge in [0.05, 0.1) is 5.69 Å². The molecule has 3 rings (SSSR count). The standard InChI is InChI=1S/C21H26N6O6/c22-21-26-14-6-5-13(24-17(14)19(31)27-21)9-10-23-12-3-1-11(2-4-12)18(30)25-15(20(32)33)7-8-16(28)29/h1-4,13,15,23-24H,5-10H2,(H,25,30)(H,28,29)(H,32,33)(H3,22,26,27,31)/t13-,15+/m1/s1. The monoisotopic (exact) mass is 458 g/mol. The number of carbonyl (C=O) groups is 3. The third kappa shape index (κ3) is 6.45. The van der Waals surface area contributed by atoms with Gasteiger partial charge in [-0.3, -0.25) is 19.4 Å². The van der Waals surface area contributed by atoms with E-state index in [1.807, 2.05) is 0 Å². The summed E-state index contributed by atoms with van der Waals surface area (Å²) in [5.74, 6) is -2.91. The van der Waals surface area contributed by atoms with Crippen molar-refractivity contribution >= 4 is 35.2 Å². The molecule has 1 aromatic carbocycles. The lowest BCUT2D eigenvalue weighted by Gasteiger charge is -2.25. The van der Waals surface area contributed by atoms with Gasteiger partial charge < -0.3 is 31.9 Å². The largest absolute Gasteiger partial charge is 0.481 e. The molecule has 0 spiro atoms. The number of carboxylic acid groups (broad SMARTS) is 2. The van der Waals surface area contributed by atoms with Crippen LogP contribution in [0.2, 0.25) is 0 Å². The Hall–Kier alpha value is -4.09. The minimum absolute atomic E-state index is 0.0975. The maximum atomic E-state index is 12.3. The summed E-state index contributed by atoms with van der Waals surface area (Å²) in [7, 11) is 0. The van der Waals surface area contributed by atoms with Crippen molar-refractivity contribution in [3.05, 3.63) is 45.9 Å². The van der Waals surface area contributed by atoms with E-state index in [4.69, 9.17) is 15.9 Å². The van der Waals surface area contributed by atoms with Crippen LogP contribution >= 0.6 is 0 Å². The first-order chi connectivity index (χ1) is 15.7. The van der Waals surface area contributed by atoms with E-state index < -0.39 is 23.9 Å². The lowest BCUT2D eigenvalue weighted by atomic mass is 10.0. The molecule has 33 heavy (non-hydrogen) atoms. The number of nitrogen functional groups attached to an aromatic ring is 1. The molecule has 12 heteroatoms. The molecule has 1 amide bonds. The van der Waals surface area contributed by atoms with Crippen LogP contribution in [0.5, 0.6) is 0 Å². The summed E-state index contributed by atoms with van der Waals surface area (Å²) in [6.45, 7) is 0.620. The molecule has 1 aromatic heterocycles. The van der Waals surface area contributed by atoms with E-state index in [9.17, 15) is 19.2 Å². The minimum Gasteiger partial charge on any atom is -0.481 e. The molecule has 0 saturated carbocycles. The number of rotatable bonds is 10. The number of H-pyrrole nitrogens is 1. The van der Waals surface area contributed by atoms with Gasteiger partial charge in [-0.25, -0.2) is 9.78 Å². The summed E-state index contributed by atoms with van der Waals surface area (Å²) in [5, 5.41) is 26.7. The number of fused-ring (bicyclic) bond motifs is 1. The second-order valence-corrected chi connectivity index (χ2v) is 7.74. The zero-order valence-corrected chi connectivity index (χ0v) is 17.8. The first kappa shape index (κ1) is 23.6. The van der Waals surface area contributed by atoms with Crippen LogP contribution < -0.4 is 27.2 Å². The number of aromatic nitrogens is 2. The molecule has 0 bridgehead atoms. The molecule has 0 radical (unpaired) electrons. The molecule has 2 aromatic rings. The van der Waals surface area contributed by atoms with Gasteiger partial charge in [0, 0.05) is 30.3 Å². The lowest BCUT2D eigenvalue weighted by Crippen LogP contribution is -2.41. The molecule has 0 unspecified atom stereocenters. The highest BCUT2D eigenvalue weighted by atomic mass is 16.4. The fourth-order valence-electron chi connectivity index (χ4n) is 3.57. The van der Waals surface area contributed by atoms with E-state index >= 15 is 0 Å². The van der Waals surface area contributed by atoms with Crippen molar-refractivity contribution in [2.24, 2.45) is 0 Å². The van der Waals surface area contributed by atoms with E-state index in [0.717, 1.165) is 18.5 Å². The van der Waals surface area contributed by atoms with Crippen molar-refractivity contribution in [2.75, 3.05) is 22.9 Å². The Labute approximate surface area is 188 Å². The van der Waals surface area contributed by atoms with Crippen LogP contribution in [0.25, 0.3) is 0 Å². The smallest absolute Gasteiger partial charge is 0.326 e. The molecule has 8 N–H and O–H groups in total. The second-order valence-electron chi connectivity index (χ2n) is 7.74. The fraction of sp³-hybridized carbons (Fsp3) is 0.381. The average molecular weight is 458 g/mol. The second kappa shape index (κ2) is 10.5. The van der Waals surface area contributed by atoms with Crippen molar-refractivity contribution in [3.63, 3.8) is 0 Å². The number of carbonyl (C=O) groups excluding carboxylic acids is 1. The van der Waals surface area contributed by atoms with E-state index in [1.54, 1.807) is 24.3 Å². The Morgan fingerprint density at radius 2 is 1.94 bits per heavy atom. The Kier molecular flexibility index (Phi) is 7.49. The third-order valence-electron chi connectivity index (χ3n) is 5.31. The van der Waals surface area contributed by atoms with E-state index in [-0.39, 0.29) is 36.0 Å². The zero-order chi connectivity index (χ0) is 24.0. The lowest BCUT2D eigenvalue weighted by molar-refractivity contribution is -0.140. The SMILES string of the molecule is Nc1nc2c(c(=O)[nH]1)N[C@@H](CCNc1ccc(C(=O)N[C@@H](CCC(=O)O)C(=O)O)cc1)CC2. The number of carboxylic acids is 2. The van der Waals surface area contributed by atoms with Crippen LogP contribution in [0.1, 0.15) is 41.7 Å². The van der Waals surface area contributed by atoms with Gasteiger partial charge in [0.2, 0.25) is 5.95 Å². The number of nitrogens with one attached hydrogen (secondary N) is 4. The van der Waals surface area contributed by atoms with Gasteiger partial charge in [0.15, 0.2) is 0 Å². The van der Waals surface area contributed by atoms with Crippen molar-refractivity contribution in [1.29, 1.82) is 0 Å². The quantitative estimate of drug-likeness (QED) is 0.265. The molecule has 0 saturated heterocycles. The van der Waals surface area contributed by atoms with Gasteiger partial charge in [-0.15, -0.1) is 0 Å². The predicted octanol–water partition coefficient (Wildman–Crippen LogP) is 0.629. The van der Waals surface area contributed by atoms with E-state index in [0.29, 0.717) is 24.3 Å². The number of aromatic amines is 1. The maximum Gasteiger partial charge on any atom is 0.326 e. The molecule has 0 fully saturated rings. The Balaban J connectivity index is 1.48. The molecular formula is C21H26N6O6. The average Bonchev–Trinajstić information content (AvgIpc) is 2.77. The number of hydrogen-bond donors (Lipinski definition) is 7. The van der Waals surface area contributed by atoms with Crippen molar-refractivity contribution in [3.8, 4) is 0 Å². The van der Waals surface area contributed by atoms with Gasteiger partial charge in [-0.1, -0.05) is 0 Å². The predicted molar refractivity (Wildman–Crippen MR) is 120 cm³/mol. The van der Waals surface area contributed by atoms with Gasteiger partial charge in [-0.05, 0) is 49.9 Å². The fourth-order valence-corrected chi connectivity index (χ4v) is 3.57. The van der Waals surface area contributed by atoms with Crippen LogP contribution in [-0.4, -0.2) is 56.7 Å². The van der Waals surface area contributed by atoms with Crippen LogP contribution in [-0.2, 0) is 16.0 Å². The maximum absolute atomic E-state index is 12.3. The first-order valence-electron chi connectivity index (χ1n) is 10.5. The van der Waals surface area contributed by atoms with Gasteiger partial charge in [0.1, 0.15) is 11.7 Å². The topological polar surface area (TPSA) is 200 Å². The molecular weight excluding hydrogens is 432 g/mol. The van der Waals surface area contributed by atoms with Crippen LogP contribution in [0.3, 0.4) is 0 Å². The normalized spacial score (nSPS) is 15.6. The number of nitrogens with zero attached hydrogens (tertiary/aromatic N) is 1. The van der Waals surface area contributed by atoms with Crippen molar-refractivity contribution in [2.45, 2.75) is 44.2 Å². The molecule has 12 nitrogen and oxygen atoms in total. The molecule has 0 aliphatic carbocycles. The third-order valence-corrected chi connectivity index (χ3v) is 5.31. The van der Waals surface area contributed by atoms with E-state index in [2.05, 4.69) is 25.9 Å². The Morgan fingerprint density at radius 3 is 2.61 bits per heavy atom. The number of nitrogens with two attached hydrogens (primary N) is 1. The van der Waals surface area contributed by atoms with Crippen LogP contribution in [0, 0.1) is 0 Å².